The first-order valence-corrected chi connectivity index (χ1v) is 7.92. The molecule has 1 amide bonds. The van der Waals surface area contributed by atoms with Gasteiger partial charge in [0.25, 0.3) is 0 Å². The van der Waals surface area contributed by atoms with Crippen LogP contribution in [-0.2, 0) is 4.79 Å². The van der Waals surface area contributed by atoms with Crippen LogP contribution < -0.4 is 10.1 Å². The van der Waals surface area contributed by atoms with Crippen LogP contribution in [-0.4, -0.2) is 28.0 Å². The highest BCUT2D eigenvalue weighted by molar-refractivity contribution is 8.02. The van der Waals surface area contributed by atoms with Crippen molar-refractivity contribution in [1.82, 2.24) is 10.2 Å². The molecular weight excluding hydrogens is 294 g/mol. The Labute approximate surface area is 125 Å². The molecular formula is C13H15N3O2S2. The molecule has 20 heavy (non-hydrogen) atoms. The fourth-order valence-corrected chi connectivity index (χ4v) is 3.13. The lowest BCUT2D eigenvalue weighted by molar-refractivity contribution is -0.115. The average molecular weight is 309 g/mol. The van der Waals surface area contributed by atoms with E-state index in [-0.39, 0.29) is 11.2 Å². The average Bonchev–Trinajstić information content (AvgIpc) is 2.94. The van der Waals surface area contributed by atoms with Crippen molar-refractivity contribution in [3.63, 3.8) is 0 Å². The Morgan fingerprint density at radius 3 is 3.00 bits per heavy atom. The number of carbonyl (C=O) groups is 1. The summed E-state index contributed by atoms with van der Waals surface area (Å²) in [7, 11) is 0. The van der Waals surface area contributed by atoms with E-state index >= 15 is 0 Å². The van der Waals surface area contributed by atoms with Crippen LogP contribution in [0.5, 0.6) is 5.75 Å². The highest BCUT2D eigenvalue weighted by Crippen LogP contribution is 2.27. The number of ether oxygens (including phenoxy) is 1. The molecule has 1 aromatic heterocycles. The van der Waals surface area contributed by atoms with E-state index in [0.29, 0.717) is 18.0 Å². The Kier molecular flexibility index (Phi) is 5.37. The second kappa shape index (κ2) is 7.25. The van der Waals surface area contributed by atoms with Crippen LogP contribution >= 0.6 is 23.1 Å². The van der Waals surface area contributed by atoms with Gasteiger partial charge in [-0.1, -0.05) is 35.2 Å². The van der Waals surface area contributed by atoms with Gasteiger partial charge in [-0.3, -0.25) is 4.79 Å². The number of carbonyl (C=O) groups excluding carboxylic acids is 1. The van der Waals surface area contributed by atoms with Crippen LogP contribution in [0.15, 0.2) is 34.1 Å². The number of nitrogens with one attached hydrogen (secondary N) is 1. The zero-order chi connectivity index (χ0) is 14.4. The van der Waals surface area contributed by atoms with Crippen molar-refractivity contribution in [2.24, 2.45) is 0 Å². The van der Waals surface area contributed by atoms with Crippen LogP contribution in [0, 0.1) is 0 Å². The fourth-order valence-electron chi connectivity index (χ4n) is 1.50. The highest BCUT2D eigenvalue weighted by Gasteiger charge is 2.17. The lowest BCUT2D eigenvalue weighted by atomic mass is 10.3. The molecule has 0 unspecified atom stereocenters. The van der Waals surface area contributed by atoms with E-state index in [2.05, 4.69) is 15.5 Å². The van der Waals surface area contributed by atoms with Crippen LogP contribution in [0.25, 0.3) is 0 Å². The molecule has 7 heteroatoms. The Morgan fingerprint density at radius 2 is 2.30 bits per heavy atom. The Balaban J connectivity index is 2.00. The molecule has 0 bridgehead atoms. The number of thioether (sulfide) groups is 1. The van der Waals surface area contributed by atoms with E-state index < -0.39 is 0 Å². The summed E-state index contributed by atoms with van der Waals surface area (Å²) in [5, 5.41) is 10.3. The molecule has 0 radical (unpaired) electrons. The second-order valence-corrected chi connectivity index (χ2v) is 6.30. The molecule has 2 rings (SSSR count). The van der Waals surface area contributed by atoms with Crippen molar-refractivity contribution >= 4 is 34.7 Å². The summed E-state index contributed by atoms with van der Waals surface area (Å²) in [6.07, 6.45) is 0. The first-order chi connectivity index (χ1) is 9.70. The summed E-state index contributed by atoms with van der Waals surface area (Å²) in [4.78, 5) is 12.2. The van der Waals surface area contributed by atoms with Gasteiger partial charge in [-0.15, -0.1) is 10.2 Å². The molecule has 0 saturated heterocycles. The van der Waals surface area contributed by atoms with Gasteiger partial charge < -0.3 is 10.1 Å². The van der Waals surface area contributed by atoms with Gasteiger partial charge in [0.2, 0.25) is 5.91 Å². The quantitative estimate of drug-likeness (QED) is 0.831. The maximum Gasteiger partial charge on any atom is 0.237 e. The van der Waals surface area contributed by atoms with Crippen LogP contribution in [0.1, 0.15) is 13.8 Å². The monoisotopic (exact) mass is 309 g/mol. The van der Waals surface area contributed by atoms with Gasteiger partial charge in [-0.2, -0.15) is 0 Å². The maximum atomic E-state index is 12.2. The van der Waals surface area contributed by atoms with E-state index in [4.69, 9.17) is 4.74 Å². The Hall–Kier alpha value is -1.60. The topological polar surface area (TPSA) is 64.1 Å². The summed E-state index contributed by atoms with van der Waals surface area (Å²) in [6, 6.07) is 7.40. The number of rotatable bonds is 6. The minimum Gasteiger partial charge on any atom is -0.492 e. The normalized spacial score (nSPS) is 11.9. The third-order valence-electron chi connectivity index (χ3n) is 2.43. The summed E-state index contributed by atoms with van der Waals surface area (Å²) >= 11 is 2.81. The van der Waals surface area contributed by atoms with Crippen molar-refractivity contribution in [3.05, 3.63) is 29.8 Å². The largest absolute Gasteiger partial charge is 0.492 e. The van der Waals surface area contributed by atoms with Gasteiger partial charge in [0.05, 0.1) is 17.5 Å². The van der Waals surface area contributed by atoms with Crippen molar-refractivity contribution in [2.45, 2.75) is 23.4 Å². The number of anilines is 1. The number of nitrogens with zero attached hydrogens (tertiary/aromatic N) is 2. The first-order valence-electron chi connectivity index (χ1n) is 6.16. The lowest BCUT2D eigenvalue weighted by Gasteiger charge is -2.13. The summed E-state index contributed by atoms with van der Waals surface area (Å²) < 4.78 is 6.26. The van der Waals surface area contributed by atoms with Crippen molar-refractivity contribution < 1.29 is 9.53 Å². The molecule has 0 saturated carbocycles. The predicted molar refractivity (Wildman–Crippen MR) is 81.5 cm³/mol. The van der Waals surface area contributed by atoms with Crippen LogP contribution in [0.3, 0.4) is 0 Å². The van der Waals surface area contributed by atoms with Gasteiger partial charge in [0.15, 0.2) is 4.34 Å². The van der Waals surface area contributed by atoms with E-state index in [9.17, 15) is 4.79 Å². The molecule has 0 aliphatic heterocycles. The molecule has 0 aliphatic rings. The van der Waals surface area contributed by atoms with Crippen molar-refractivity contribution in [1.29, 1.82) is 0 Å². The number of para-hydroxylation sites is 2. The standard InChI is InChI=1S/C13H15N3O2S2/c1-3-18-11-7-5-4-6-10(11)15-12(17)9(2)20-13-16-14-8-19-13/h4-9H,3H2,1-2H3,(H,15,17)/t9-/m1/s1. The number of hydrogen-bond donors (Lipinski definition) is 1. The van der Waals surface area contributed by atoms with E-state index in [1.807, 2.05) is 38.1 Å². The minimum atomic E-state index is -0.252. The molecule has 2 aromatic rings. The molecule has 0 fully saturated rings. The minimum absolute atomic E-state index is 0.0858. The lowest BCUT2D eigenvalue weighted by Crippen LogP contribution is -2.22. The summed E-state index contributed by atoms with van der Waals surface area (Å²) in [5.74, 6) is 0.591. The van der Waals surface area contributed by atoms with E-state index in [0.717, 1.165) is 4.34 Å². The number of hydrogen-bond acceptors (Lipinski definition) is 6. The van der Waals surface area contributed by atoms with Crippen LogP contribution in [0.2, 0.25) is 0 Å². The number of aromatic nitrogens is 2. The van der Waals surface area contributed by atoms with E-state index in [1.165, 1.54) is 23.1 Å². The summed E-state index contributed by atoms with van der Waals surface area (Å²) in [5.41, 5.74) is 2.33. The molecule has 1 atom stereocenters. The SMILES string of the molecule is CCOc1ccccc1NC(=O)[C@@H](C)Sc1nncs1. The van der Waals surface area contributed by atoms with Gasteiger partial charge in [-0.25, -0.2) is 0 Å². The number of benzene rings is 1. The van der Waals surface area contributed by atoms with E-state index in [1.54, 1.807) is 5.51 Å². The molecule has 0 aliphatic carbocycles. The van der Waals surface area contributed by atoms with Crippen molar-refractivity contribution in [2.75, 3.05) is 11.9 Å². The molecule has 1 heterocycles. The zero-order valence-electron chi connectivity index (χ0n) is 11.2. The Morgan fingerprint density at radius 1 is 1.50 bits per heavy atom. The molecule has 1 aromatic carbocycles. The smallest absolute Gasteiger partial charge is 0.237 e. The summed E-state index contributed by atoms with van der Waals surface area (Å²) in [6.45, 7) is 4.30. The Bertz CT molecular complexity index is 561. The fraction of sp³-hybridized carbons (Fsp3) is 0.308. The van der Waals surface area contributed by atoms with Crippen molar-refractivity contribution in [3.8, 4) is 5.75 Å². The predicted octanol–water partition coefficient (Wildman–Crippen LogP) is 3.06. The highest BCUT2D eigenvalue weighted by atomic mass is 32.2. The zero-order valence-corrected chi connectivity index (χ0v) is 12.8. The van der Waals surface area contributed by atoms with Crippen LogP contribution in [0.4, 0.5) is 5.69 Å². The first kappa shape index (κ1) is 14.8. The third kappa shape index (κ3) is 3.94. The van der Waals surface area contributed by atoms with Gasteiger partial charge in [-0.05, 0) is 26.0 Å². The molecule has 5 nitrogen and oxygen atoms in total. The van der Waals surface area contributed by atoms with Gasteiger partial charge in [0.1, 0.15) is 11.3 Å². The second-order valence-electron chi connectivity index (χ2n) is 3.88. The van der Waals surface area contributed by atoms with Gasteiger partial charge in [0, 0.05) is 0 Å². The van der Waals surface area contributed by atoms with Gasteiger partial charge >= 0.3 is 0 Å². The third-order valence-corrected chi connectivity index (χ3v) is 4.34. The molecule has 106 valence electrons. The number of amides is 1. The maximum absolute atomic E-state index is 12.2. The molecule has 1 N–H and O–H groups in total. The molecule has 0 spiro atoms.